The van der Waals surface area contributed by atoms with Gasteiger partial charge < -0.3 is 15.4 Å². The molecule has 0 atom stereocenters. The summed E-state index contributed by atoms with van der Waals surface area (Å²) in [7, 11) is 0. The molecule has 2 amide bonds. The van der Waals surface area contributed by atoms with Crippen LogP contribution in [0.4, 0.5) is 10.5 Å². The summed E-state index contributed by atoms with van der Waals surface area (Å²) < 4.78 is 5.62. The molecule has 0 unspecified atom stereocenters. The van der Waals surface area contributed by atoms with Crippen molar-refractivity contribution in [2.24, 2.45) is 0 Å². The number of hydrogen-bond acceptors (Lipinski definition) is 4. The van der Waals surface area contributed by atoms with Crippen LogP contribution < -0.4 is 15.4 Å². The Labute approximate surface area is 163 Å². The number of ether oxygens (including phenoxy) is 1. The lowest BCUT2D eigenvalue weighted by Gasteiger charge is -2.19. The fourth-order valence-corrected chi connectivity index (χ4v) is 2.95. The monoisotopic (exact) mass is 381 g/mol. The number of amides is 2. The average Bonchev–Trinajstić information content (AvgIpc) is 3.14. The van der Waals surface area contributed by atoms with Crippen molar-refractivity contribution in [2.45, 2.75) is 32.7 Å². The van der Waals surface area contributed by atoms with Crippen molar-refractivity contribution >= 4 is 23.1 Å². The van der Waals surface area contributed by atoms with E-state index in [0.717, 1.165) is 17.0 Å². The van der Waals surface area contributed by atoms with E-state index >= 15 is 0 Å². The number of rotatable bonds is 5. The Morgan fingerprint density at radius 1 is 1.07 bits per heavy atom. The summed E-state index contributed by atoms with van der Waals surface area (Å²) >= 11 is 1.44. The van der Waals surface area contributed by atoms with Gasteiger partial charge in [0.25, 0.3) is 5.19 Å². The predicted octanol–water partition coefficient (Wildman–Crippen LogP) is 5.55. The number of thiazole rings is 1. The van der Waals surface area contributed by atoms with Gasteiger partial charge in [-0.15, -0.1) is 0 Å². The van der Waals surface area contributed by atoms with Crippen LogP contribution in [0, 0.1) is 0 Å². The fraction of sp³-hybridized carbons (Fsp3) is 0.238. The first-order chi connectivity index (χ1) is 12.9. The molecule has 0 fully saturated rings. The highest BCUT2D eigenvalue weighted by atomic mass is 32.1. The van der Waals surface area contributed by atoms with Gasteiger partial charge >= 0.3 is 6.03 Å². The molecule has 3 rings (SSSR count). The minimum absolute atomic E-state index is 0.0935. The van der Waals surface area contributed by atoms with Crippen molar-refractivity contribution in [3.8, 4) is 10.9 Å². The van der Waals surface area contributed by atoms with E-state index < -0.39 is 0 Å². The molecule has 0 saturated carbocycles. The maximum Gasteiger partial charge on any atom is 0.319 e. The van der Waals surface area contributed by atoms with E-state index in [9.17, 15) is 4.79 Å². The summed E-state index contributed by atoms with van der Waals surface area (Å²) in [5.41, 5.74) is 3.08. The van der Waals surface area contributed by atoms with Crippen LogP contribution in [0.3, 0.4) is 0 Å². The molecule has 0 aliphatic carbocycles. The second kappa shape index (κ2) is 8.22. The average molecular weight is 382 g/mol. The molecule has 0 spiro atoms. The van der Waals surface area contributed by atoms with Crippen LogP contribution in [0.2, 0.25) is 0 Å². The second-order valence-corrected chi connectivity index (χ2v) is 8.04. The maximum absolute atomic E-state index is 12.1. The van der Waals surface area contributed by atoms with Gasteiger partial charge in [0, 0.05) is 23.8 Å². The van der Waals surface area contributed by atoms with Crippen molar-refractivity contribution < 1.29 is 9.53 Å². The lowest BCUT2D eigenvalue weighted by atomic mass is 9.87. The number of urea groups is 1. The van der Waals surface area contributed by atoms with E-state index in [1.54, 1.807) is 6.20 Å². The number of carbonyl (C=O) groups is 1. The Hall–Kier alpha value is -2.86. The Bertz CT molecular complexity index is 867. The van der Waals surface area contributed by atoms with Gasteiger partial charge in [0.2, 0.25) is 0 Å². The number of nitrogens with zero attached hydrogens (tertiary/aromatic N) is 1. The van der Waals surface area contributed by atoms with Crippen LogP contribution in [0.5, 0.6) is 10.9 Å². The number of carbonyl (C=O) groups excluding carboxylic acids is 1. The lowest BCUT2D eigenvalue weighted by Crippen LogP contribution is -2.28. The van der Waals surface area contributed by atoms with Gasteiger partial charge in [-0.05, 0) is 40.8 Å². The van der Waals surface area contributed by atoms with Crippen molar-refractivity contribution in [1.29, 1.82) is 0 Å². The lowest BCUT2D eigenvalue weighted by molar-refractivity contribution is 0.251. The molecule has 2 N–H and O–H groups in total. The van der Waals surface area contributed by atoms with Gasteiger partial charge in [0.15, 0.2) is 0 Å². The van der Waals surface area contributed by atoms with Crippen molar-refractivity contribution in [3.63, 3.8) is 0 Å². The number of benzene rings is 2. The standard InChI is InChI=1S/C21H23N3O2S/c1-21(2,3)16-6-8-17(9-7-16)24-19(25)23-14-15-4-10-18(11-5-15)26-20-22-12-13-27-20/h4-13H,14H2,1-3H3,(H2,23,24,25). The van der Waals surface area contributed by atoms with E-state index in [-0.39, 0.29) is 11.4 Å². The van der Waals surface area contributed by atoms with Crippen molar-refractivity contribution in [3.05, 3.63) is 71.2 Å². The number of hydrogen-bond donors (Lipinski definition) is 2. The van der Waals surface area contributed by atoms with Crippen molar-refractivity contribution in [1.82, 2.24) is 10.3 Å². The summed E-state index contributed by atoms with van der Waals surface area (Å²) in [6.07, 6.45) is 1.70. The molecule has 3 aromatic rings. The van der Waals surface area contributed by atoms with Crippen LogP contribution in [0.25, 0.3) is 0 Å². The third-order valence-corrected chi connectivity index (χ3v) is 4.65. The molecule has 0 bridgehead atoms. The molecule has 5 nitrogen and oxygen atoms in total. The zero-order valence-electron chi connectivity index (χ0n) is 15.7. The third-order valence-electron chi connectivity index (χ3n) is 4.00. The third kappa shape index (κ3) is 5.56. The van der Waals surface area contributed by atoms with E-state index in [1.165, 1.54) is 16.9 Å². The van der Waals surface area contributed by atoms with E-state index in [1.807, 2.05) is 53.9 Å². The van der Waals surface area contributed by atoms with Crippen LogP contribution in [-0.2, 0) is 12.0 Å². The number of anilines is 1. The van der Waals surface area contributed by atoms with Gasteiger partial charge in [-0.3, -0.25) is 0 Å². The molecule has 140 valence electrons. The first-order valence-electron chi connectivity index (χ1n) is 8.72. The topological polar surface area (TPSA) is 63.2 Å². The summed E-state index contributed by atoms with van der Waals surface area (Å²) in [5, 5.41) is 8.18. The highest BCUT2D eigenvalue weighted by molar-refractivity contribution is 7.11. The second-order valence-electron chi connectivity index (χ2n) is 7.18. The molecular weight excluding hydrogens is 358 g/mol. The molecule has 1 aromatic heterocycles. The molecular formula is C21H23N3O2S. The minimum atomic E-state index is -0.235. The first kappa shape index (κ1) is 18.9. The Morgan fingerprint density at radius 3 is 2.37 bits per heavy atom. The SMILES string of the molecule is CC(C)(C)c1ccc(NC(=O)NCc2ccc(Oc3nccs3)cc2)cc1. The van der Waals surface area contributed by atoms with Crippen LogP contribution in [-0.4, -0.2) is 11.0 Å². The Balaban J connectivity index is 1.48. The summed E-state index contributed by atoms with van der Waals surface area (Å²) in [5.74, 6) is 0.720. The zero-order valence-corrected chi connectivity index (χ0v) is 16.5. The Kier molecular flexibility index (Phi) is 5.76. The predicted molar refractivity (Wildman–Crippen MR) is 110 cm³/mol. The van der Waals surface area contributed by atoms with Crippen LogP contribution in [0.1, 0.15) is 31.9 Å². The molecule has 0 radical (unpaired) electrons. The molecule has 1 heterocycles. The number of aromatic nitrogens is 1. The van der Waals surface area contributed by atoms with E-state index in [0.29, 0.717) is 11.7 Å². The van der Waals surface area contributed by atoms with Crippen LogP contribution in [0.15, 0.2) is 60.1 Å². The van der Waals surface area contributed by atoms with Gasteiger partial charge in [0.1, 0.15) is 5.75 Å². The summed E-state index contributed by atoms with van der Waals surface area (Å²) in [6.45, 7) is 6.92. The highest BCUT2D eigenvalue weighted by Crippen LogP contribution is 2.24. The molecule has 0 aliphatic rings. The smallest absolute Gasteiger partial charge is 0.319 e. The van der Waals surface area contributed by atoms with Crippen LogP contribution >= 0.6 is 11.3 Å². The van der Waals surface area contributed by atoms with Gasteiger partial charge in [0.05, 0.1) is 0 Å². The number of nitrogens with one attached hydrogen (secondary N) is 2. The molecule has 2 aromatic carbocycles. The zero-order chi connectivity index (χ0) is 19.3. The first-order valence-corrected chi connectivity index (χ1v) is 9.60. The molecule has 27 heavy (non-hydrogen) atoms. The van der Waals surface area contributed by atoms with E-state index in [2.05, 4.69) is 36.4 Å². The van der Waals surface area contributed by atoms with Crippen molar-refractivity contribution in [2.75, 3.05) is 5.32 Å². The summed E-state index contributed by atoms with van der Waals surface area (Å²) in [6, 6.07) is 15.2. The van der Waals surface area contributed by atoms with Gasteiger partial charge in [-0.25, -0.2) is 9.78 Å². The van der Waals surface area contributed by atoms with Gasteiger partial charge in [-0.1, -0.05) is 56.4 Å². The normalized spacial score (nSPS) is 11.1. The largest absolute Gasteiger partial charge is 0.431 e. The minimum Gasteiger partial charge on any atom is -0.431 e. The highest BCUT2D eigenvalue weighted by Gasteiger charge is 2.13. The Morgan fingerprint density at radius 2 is 1.78 bits per heavy atom. The molecule has 0 aliphatic heterocycles. The summed E-state index contributed by atoms with van der Waals surface area (Å²) in [4.78, 5) is 16.2. The quantitative estimate of drug-likeness (QED) is 0.609. The molecule has 6 heteroatoms. The maximum atomic E-state index is 12.1. The fourth-order valence-electron chi connectivity index (χ4n) is 2.45. The molecule has 0 saturated heterocycles. The van der Waals surface area contributed by atoms with Gasteiger partial charge in [-0.2, -0.15) is 0 Å². The van der Waals surface area contributed by atoms with E-state index in [4.69, 9.17) is 4.74 Å².